The van der Waals surface area contributed by atoms with Gasteiger partial charge in [0.1, 0.15) is 0 Å². The molecule has 0 radical (unpaired) electrons. The van der Waals surface area contributed by atoms with E-state index in [0.29, 0.717) is 0 Å². The van der Waals surface area contributed by atoms with E-state index in [1.807, 2.05) is 6.07 Å². The minimum atomic E-state index is 0.125. The maximum atomic E-state index is 3.42. The van der Waals surface area contributed by atoms with E-state index in [1.165, 1.54) is 89.1 Å². The van der Waals surface area contributed by atoms with E-state index < -0.39 is 0 Å². The van der Waals surface area contributed by atoms with Crippen LogP contribution >= 0.6 is 0 Å². The number of rotatable bonds is 7. The van der Waals surface area contributed by atoms with Crippen molar-refractivity contribution in [2.75, 3.05) is 0 Å². The zero-order valence-corrected chi connectivity index (χ0v) is 30.9. The summed E-state index contributed by atoms with van der Waals surface area (Å²) >= 11 is 0. The lowest BCUT2D eigenvalue weighted by atomic mass is 9.80. The van der Waals surface area contributed by atoms with Gasteiger partial charge in [0.05, 0.1) is 0 Å². The third-order valence-electron chi connectivity index (χ3n) is 11.4. The zero-order chi connectivity index (χ0) is 36.4. The molecule has 0 atom stereocenters. The van der Waals surface area contributed by atoms with Crippen LogP contribution in [0.2, 0.25) is 0 Å². The molecule has 9 rings (SSSR count). The zero-order valence-electron chi connectivity index (χ0n) is 30.9. The summed E-state index contributed by atoms with van der Waals surface area (Å²) in [4.78, 5) is 0. The molecule has 0 aliphatic heterocycles. The van der Waals surface area contributed by atoms with Crippen molar-refractivity contribution >= 4 is 16.7 Å². The highest BCUT2D eigenvalue weighted by Crippen LogP contribution is 2.51. The molecule has 7 aromatic rings. The number of benzene rings is 6. The summed E-state index contributed by atoms with van der Waals surface area (Å²) in [7, 11) is 0. The Morgan fingerprint density at radius 3 is 1.70 bits per heavy atom. The minimum Gasteiger partial charge on any atom is -0.0696 e. The Morgan fingerprint density at radius 1 is 0.519 bits per heavy atom. The summed E-state index contributed by atoms with van der Waals surface area (Å²) in [6.45, 7) is 4.61. The van der Waals surface area contributed by atoms with Crippen molar-refractivity contribution in [3.05, 3.63) is 233 Å². The molecule has 0 unspecified atom stereocenters. The summed E-state index contributed by atoms with van der Waals surface area (Å²) in [5, 5.41) is 0. The van der Waals surface area contributed by atoms with Gasteiger partial charge in [-0.25, -0.2) is 0 Å². The summed E-state index contributed by atoms with van der Waals surface area (Å²) in [5.74, 6) is 0.125. The van der Waals surface area contributed by atoms with Crippen LogP contribution in [0.25, 0.3) is 50.1 Å². The first-order valence-corrected chi connectivity index (χ1v) is 19.2. The second-order valence-corrected chi connectivity index (χ2v) is 14.5. The quantitative estimate of drug-likeness (QED) is 0.156. The molecule has 0 bridgehead atoms. The molecule has 0 amide bonds. The molecule has 0 N–H and O–H groups in total. The molecule has 7 aromatic carbocycles. The summed E-state index contributed by atoms with van der Waals surface area (Å²) in [6, 6.07) is 66.6. The van der Waals surface area contributed by atoms with Crippen molar-refractivity contribution in [1.82, 2.24) is 0 Å². The van der Waals surface area contributed by atoms with Gasteiger partial charge in [-0.15, -0.1) is 0 Å². The molecule has 2 aliphatic carbocycles. The lowest BCUT2D eigenvalue weighted by Crippen LogP contribution is -2.06. The minimum absolute atomic E-state index is 0.125. The molecule has 0 heteroatoms. The molecule has 0 fully saturated rings. The van der Waals surface area contributed by atoms with Crippen LogP contribution in [-0.2, 0) is 6.42 Å². The SMILES string of the molecule is CCc1c(C2=C/C(c3c#cccc3)=C(\C)CC/C(c3ccccc3)=C\2)cccc1C1c2ccc(-c3ccccc3)cc2-c2cc(-c3ccccc3)ccc21. The van der Waals surface area contributed by atoms with Crippen LogP contribution in [0.1, 0.15) is 71.6 Å². The molecule has 0 nitrogen and oxygen atoms in total. The van der Waals surface area contributed by atoms with Gasteiger partial charge in [0.25, 0.3) is 0 Å². The van der Waals surface area contributed by atoms with Gasteiger partial charge in [0.2, 0.25) is 0 Å². The standard InChI is InChI=1S/C54H42/c1-3-46-47(45-33-42(38-17-8-4-9-18-38)28-27-37(2)51(36-45)41-23-14-7-15-24-41)25-16-26-48(46)54-49-31-29-43(39-19-10-5-11-20-39)34-52(49)53-35-44(30-32-50(53)54)40-21-12-6-13-22-40/h4-14,16-23,25-26,29-36,54H,3,27-28H2,1-2H3/b42-33+,45-36+,51-37-. The van der Waals surface area contributed by atoms with Gasteiger partial charge in [0.15, 0.2) is 0 Å². The van der Waals surface area contributed by atoms with Crippen molar-refractivity contribution in [2.45, 2.75) is 39.0 Å². The first-order chi connectivity index (χ1) is 26.7. The Balaban J connectivity index is 1.25. The first-order valence-electron chi connectivity index (χ1n) is 19.2. The maximum Gasteiger partial charge on any atom is 0.0355 e. The van der Waals surface area contributed by atoms with Gasteiger partial charge in [-0.1, -0.05) is 170 Å². The fourth-order valence-corrected chi connectivity index (χ4v) is 8.64. The molecule has 0 spiro atoms. The molecule has 54 heavy (non-hydrogen) atoms. The number of fused-ring (bicyclic) bond motifs is 3. The fraction of sp³-hybridized carbons (Fsp3) is 0.111. The van der Waals surface area contributed by atoms with Gasteiger partial charge in [-0.3, -0.25) is 0 Å². The highest BCUT2D eigenvalue weighted by atomic mass is 14.4. The molecule has 0 saturated carbocycles. The lowest BCUT2D eigenvalue weighted by Gasteiger charge is -2.23. The smallest absolute Gasteiger partial charge is 0.0355 e. The van der Waals surface area contributed by atoms with Crippen LogP contribution in [0.3, 0.4) is 0 Å². The van der Waals surface area contributed by atoms with E-state index in [4.69, 9.17) is 0 Å². The summed E-state index contributed by atoms with van der Waals surface area (Å²) in [5.41, 5.74) is 22.1. The largest absolute Gasteiger partial charge is 0.0696 e. The second kappa shape index (κ2) is 14.5. The number of hydrogen-bond acceptors (Lipinski definition) is 0. The topological polar surface area (TPSA) is 0 Å². The lowest BCUT2D eigenvalue weighted by molar-refractivity contribution is 0.961. The van der Waals surface area contributed by atoms with Crippen LogP contribution in [0.4, 0.5) is 0 Å². The van der Waals surface area contributed by atoms with E-state index in [9.17, 15) is 0 Å². The van der Waals surface area contributed by atoms with Crippen molar-refractivity contribution in [1.29, 1.82) is 0 Å². The van der Waals surface area contributed by atoms with Gasteiger partial charge in [-0.05, 0) is 140 Å². The Kier molecular flexibility index (Phi) is 9.00. The molecule has 0 saturated heterocycles. The van der Waals surface area contributed by atoms with Gasteiger partial charge in [-0.2, -0.15) is 0 Å². The highest BCUT2D eigenvalue weighted by Gasteiger charge is 2.32. The summed E-state index contributed by atoms with van der Waals surface area (Å²) < 4.78 is 0. The fourth-order valence-electron chi connectivity index (χ4n) is 8.64. The predicted octanol–water partition coefficient (Wildman–Crippen LogP) is 14.1. The Labute approximate surface area is 320 Å². The third kappa shape index (κ3) is 6.23. The molecular weight excluding hydrogens is 649 g/mol. The van der Waals surface area contributed by atoms with Crippen LogP contribution in [0.15, 0.2) is 182 Å². The Morgan fingerprint density at radius 2 is 1.13 bits per heavy atom. The van der Waals surface area contributed by atoms with Gasteiger partial charge in [0, 0.05) is 11.5 Å². The first kappa shape index (κ1) is 33.4. The summed E-state index contributed by atoms with van der Waals surface area (Å²) in [6.07, 6.45) is 7.78. The van der Waals surface area contributed by atoms with Crippen molar-refractivity contribution in [3.63, 3.8) is 0 Å². The van der Waals surface area contributed by atoms with E-state index in [-0.39, 0.29) is 5.92 Å². The average Bonchev–Trinajstić information content (AvgIpc) is 3.56. The molecule has 0 heterocycles. The number of allylic oxidation sites excluding steroid dienone is 6. The van der Waals surface area contributed by atoms with Gasteiger partial charge < -0.3 is 0 Å². The highest BCUT2D eigenvalue weighted by molar-refractivity contribution is 5.95. The van der Waals surface area contributed by atoms with E-state index in [1.54, 1.807) is 0 Å². The maximum absolute atomic E-state index is 3.42. The van der Waals surface area contributed by atoms with Crippen LogP contribution in [0, 0.1) is 12.1 Å². The second-order valence-electron chi connectivity index (χ2n) is 14.5. The van der Waals surface area contributed by atoms with E-state index in [0.717, 1.165) is 24.8 Å². The monoisotopic (exact) mass is 690 g/mol. The molecule has 258 valence electrons. The van der Waals surface area contributed by atoms with Gasteiger partial charge >= 0.3 is 0 Å². The molecule has 2 aliphatic rings. The normalized spacial score (nSPS) is 17.2. The van der Waals surface area contributed by atoms with Crippen LogP contribution in [0.5, 0.6) is 0 Å². The van der Waals surface area contributed by atoms with E-state index in [2.05, 4.69) is 196 Å². The molecular formula is C54H42. The van der Waals surface area contributed by atoms with Crippen molar-refractivity contribution < 1.29 is 0 Å². The molecule has 0 aromatic heterocycles. The average molecular weight is 691 g/mol. The Bertz CT molecular complexity index is 2460. The third-order valence-corrected chi connectivity index (χ3v) is 11.4. The van der Waals surface area contributed by atoms with E-state index >= 15 is 0 Å². The van der Waals surface area contributed by atoms with Crippen LogP contribution < -0.4 is 0 Å². The predicted molar refractivity (Wildman–Crippen MR) is 228 cm³/mol. The van der Waals surface area contributed by atoms with Crippen molar-refractivity contribution in [3.8, 4) is 33.4 Å². The Hall–Kier alpha value is -6.42. The number of hydrogen-bond donors (Lipinski definition) is 0. The van der Waals surface area contributed by atoms with Crippen LogP contribution in [-0.4, -0.2) is 0 Å². The van der Waals surface area contributed by atoms with Crippen molar-refractivity contribution in [2.24, 2.45) is 0 Å².